The second-order valence-electron chi connectivity index (χ2n) is 0.812. The lowest BCUT2D eigenvalue weighted by atomic mass is 10.9. The third kappa shape index (κ3) is 5.49. The van der Waals surface area contributed by atoms with Gasteiger partial charge in [0.25, 0.3) is 0 Å². The average Bonchev–Trinajstić information content (AvgIpc) is 1.61. The second-order valence-corrected chi connectivity index (χ2v) is 1.73. The Morgan fingerprint density at radius 2 is 2.29 bits per heavy atom. The van der Waals surface area contributed by atoms with Gasteiger partial charge in [-0.05, 0) is 15.9 Å². The smallest absolute Gasteiger partial charge is 0.0940 e. The molecule has 4 heteroatoms. The van der Waals surface area contributed by atoms with Gasteiger partial charge in [0.15, 0.2) is 0 Å². The summed E-state index contributed by atoms with van der Waals surface area (Å²) in [4.78, 5) is 3.49. The first kappa shape index (κ1) is 6.49. The molecule has 0 aromatic carbocycles. The number of halogens is 1. The molecule has 40 valence electrons. The van der Waals surface area contributed by atoms with Crippen molar-refractivity contribution in [3.8, 4) is 0 Å². The summed E-state index contributed by atoms with van der Waals surface area (Å²) in [6, 6.07) is 0. The standard InChI is InChI=1S/C3H6BrN3/c4-3(6)1-7-2-5/h1-2H,6H2,(H2,5,7)/b3-1-. The molecule has 0 aliphatic rings. The highest BCUT2D eigenvalue weighted by molar-refractivity contribution is 9.11. The van der Waals surface area contributed by atoms with Crippen molar-refractivity contribution >= 4 is 22.3 Å². The first-order valence-electron chi connectivity index (χ1n) is 1.62. The topological polar surface area (TPSA) is 64.4 Å². The van der Waals surface area contributed by atoms with Gasteiger partial charge in [-0.15, -0.1) is 0 Å². The molecule has 0 saturated heterocycles. The lowest BCUT2D eigenvalue weighted by molar-refractivity contribution is 1.46. The molecule has 0 aliphatic heterocycles. The molecule has 0 aliphatic carbocycles. The highest BCUT2D eigenvalue weighted by Crippen LogP contribution is 1.91. The first-order chi connectivity index (χ1) is 3.27. The predicted octanol–water partition coefficient (Wildman–Crippen LogP) is 0.126. The van der Waals surface area contributed by atoms with Crippen LogP contribution in [-0.2, 0) is 0 Å². The van der Waals surface area contributed by atoms with Crippen molar-refractivity contribution in [3.63, 3.8) is 0 Å². The molecule has 0 radical (unpaired) electrons. The van der Waals surface area contributed by atoms with Gasteiger partial charge in [-0.3, -0.25) is 0 Å². The zero-order valence-corrected chi connectivity index (χ0v) is 5.22. The quantitative estimate of drug-likeness (QED) is 0.328. The number of hydrogen-bond donors (Lipinski definition) is 2. The third-order valence-corrected chi connectivity index (χ3v) is 0.489. The summed E-state index contributed by atoms with van der Waals surface area (Å²) in [7, 11) is 0. The molecule has 0 aromatic rings. The number of rotatable bonds is 1. The Morgan fingerprint density at radius 1 is 1.71 bits per heavy atom. The van der Waals surface area contributed by atoms with Crippen molar-refractivity contribution in [3.05, 3.63) is 10.8 Å². The summed E-state index contributed by atoms with van der Waals surface area (Å²) < 4.78 is 0.467. The second kappa shape index (κ2) is 3.67. The summed E-state index contributed by atoms with van der Waals surface area (Å²) in [5, 5.41) is 0. The highest BCUT2D eigenvalue weighted by atomic mass is 79.9. The van der Waals surface area contributed by atoms with Crippen molar-refractivity contribution in [2.75, 3.05) is 0 Å². The minimum atomic E-state index is 0.467. The van der Waals surface area contributed by atoms with Crippen LogP contribution in [0.4, 0.5) is 0 Å². The summed E-state index contributed by atoms with van der Waals surface area (Å²) in [5.74, 6) is 0. The van der Waals surface area contributed by atoms with Crippen LogP contribution in [-0.4, -0.2) is 6.34 Å². The van der Waals surface area contributed by atoms with Gasteiger partial charge in [0.1, 0.15) is 0 Å². The molecule has 0 saturated carbocycles. The zero-order chi connectivity index (χ0) is 5.70. The summed E-state index contributed by atoms with van der Waals surface area (Å²) in [5.41, 5.74) is 9.95. The van der Waals surface area contributed by atoms with Crippen LogP contribution in [0.2, 0.25) is 0 Å². The number of nitrogens with two attached hydrogens (primary N) is 2. The molecule has 0 spiro atoms. The Balaban J connectivity index is 3.46. The molecular weight excluding hydrogens is 158 g/mol. The van der Waals surface area contributed by atoms with E-state index < -0.39 is 0 Å². The van der Waals surface area contributed by atoms with Gasteiger partial charge in [0.05, 0.1) is 17.1 Å². The van der Waals surface area contributed by atoms with Crippen LogP contribution in [0.15, 0.2) is 15.8 Å². The third-order valence-electron chi connectivity index (χ3n) is 0.284. The maximum absolute atomic E-state index is 5.09. The van der Waals surface area contributed by atoms with Crippen LogP contribution in [0.3, 0.4) is 0 Å². The Labute approximate surface area is 50.2 Å². The van der Waals surface area contributed by atoms with Crippen molar-refractivity contribution in [2.24, 2.45) is 16.5 Å². The van der Waals surface area contributed by atoms with Crippen LogP contribution in [0.5, 0.6) is 0 Å². The fourth-order valence-corrected chi connectivity index (χ4v) is 0.232. The number of nitrogens with zero attached hydrogens (tertiary/aromatic N) is 1. The van der Waals surface area contributed by atoms with E-state index in [9.17, 15) is 0 Å². The van der Waals surface area contributed by atoms with E-state index in [2.05, 4.69) is 20.9 Å². The first-order valence-corrected chi connectivity index (χ1v) is 2.41. The summed E-state index contributed by atoms with van der Waals surface area (Å²) in [6.45, 7) is 0. The molecular formula is C3H6BrN3. The largest absolute Gasteiger partial charge is 0.392 e. The van der Waals surface area contributed by atoms with Gasteiger partial charge < -0.3 is 11.5 Å². The molecule has 7 heavy (non-hydrogen) atoms. The molecule has 0 fully saturated rings. The molecule has 4 N–H and O–H groups in total. The molecule has 0 aromatic heterocycles. The van der Waals surface area contributed by atoms with Gasteiger partial charge >= 0.3 is 0 Å². The van der Waals surface area contributed by atoms with E-state index in [4.69, 9.17) is 11.5 Å². The summed E-state index contributed by atoms with van der Waals surface area (Å²) in [6.07, 6.45) is 2.56. The van der Waals surface area contributed by atoms with Crippen LogP contribution in [0.1, 0.15) is 0 Å². The minimum Gasteiger partial charge on any atom is -0.392 e. The highest BCUT2D eigenvalue weighted by Gasteiger charge is 1.69. The maximum Gasteiger partial charge on any atom is 0.0940 e. The van der Waals surface area contributed by atoms with Crippen LogP contribution < -0.4 is 11.5 Å². The number of aliphatic imine (C=N–C) groups is 1. The molecule has 0 atom stereocenters. The zero-order valence-electron chi connectivity index (χ0n) is 3.63. The van der Waals surface area contributed by atoms with Gasteiger partial charge in [0, 0.05) is 0 Å². The van der Waals surface area contributed by atoms with Crippen molar-refractivity contribution in [2.45, 2.75) is 0 Å². The Kier molecular flexibility index (Phi) is 3.40. The Hall–Kier alpha value is -0.510. The van der Waals surface area contributed by atoms with Crippen LogP contribution in [0.25, 0.3) is 0 Å². The van der Waals surface area contributed by atoms with Crippen LogP contribution in [0, 0.1) is 0 Å². The van der Waals surface area contributed by atoms with Crippen LogP contribution >= 0.6 is 15.9 Å². The van der Waals surface area contributed by atoms with Crippen molar-refractivity contribution < 1.29 is 0 Å². The Bertz CT molecular complexity index is 92.4. The van der Waals surface area contributed by atoms with E-state index in [1.54, 1.807) is 0 Å². The normalized spacial score (nSPS) is 13.0. The van der Waals surface area contributed by atoms with E-state index in [0.29, 0.717) is 4.61 Å². The molecule has 0 rings (SSSR count). The maximum atomic E-state index is 5.09. The van der Waals surface area contributed by atoms with Crippen molar-refractivity contribution in [1.82, 2.24) is 0 Å². The van der Waals surface area contributed by atoms with E-state index in [1.807, 2.05) is 0 Å². The lowest BCUT2D eigenvalue weighted by Crippen LogP contribution is -1.88. The lowest BCUT2D eigenvalue weighted by Gasteiger charge is -1.77. The average molecular weight is 164 g/mol. The molecule has 0 amide bonds. The van der Waals surface area contributed by atoms with E-state index in [1.165, 1.54) is 6.20 Å². The summed E-state index contributed by atoms with van der Waals surface area (Å²) >= 11 is 2.94. The fraction of sp³-hybridized carbons (Fsp3) is 0. The number of hydrogen-bond acceptors (Lipinski definition) is 2. The molecule has 0 bridgehead atoms. The van der Waals surface area contributed by atoms with Gasteiger partial charge in [0.2, 0.25) is 0 Å². The van der Waals surface area contributed by atoms with Gasteiger partial charge in [-0.1, -0.05) is 0 Å². The molecule has 0 heterocycles. The van der Waals surface area contributed by atoms with Gasteiger partial charge in [-0.25, -0.2) is 4.99 Å². The minimum absolute atomic E-state index is 0.467. The van der Waals surface area contributed by atoms with E-state index in [-0.39, 0.29) is 0 Å². The molecule has 3 nitrogen and oxygen atoms in total. The predicted molar refractivity (Wildman–Crippen MR) is 33.9 cm³/mol. The van der Waals surface area contributed by atoms with E-state index >= 15 is 0 Å². The Morgan fingerprint density at radius 3 is 2.43 bits per heavy atom. The fourth-order valence-electron chi connectivity index (χ4n) is 0.114. The monoisotopic (exact) mass is 163 g/mol. The van der Waals surface area contributed by atoms with E-state index in [0.717, 1.165) is 6.34 Å². The molecule has 0 unspecified atom stereocenters. The van der Waals surface area contributed by atoms with Crippen molar-refractivity contribution in [1.29, 1.82) is 0 Å². The van der Waals surface area contributed by atoms with Gasteiger partial charge in [-0.2, -0.15) is 0 Å². The SMILES string of the molecule is N/C=N\C=C(/N)Br.